The fourth-order valence-corrected chi connectivity index (χ4v) is 2.81. The van der Waals surface area contributed by atoms with Gasteiger partial charge < -0.3 is 0 Å². The van der Waals surface area contributed by atoms with Crippen LogP contribution in [-0.4, -0.2) is 18.4 Å². The molecule has 0 heterocycles. The Morgan fingerprint density at radius 3 is 2.33 bits per heavy atom. The van der Waals surface area contributed by atoms with Gasteiger partial charge in [0, 0.05) is 0 Å². The number of rotatable bonds is 2. The molecule has 0 nitrogen and oxygen atoms in total. The Labute approximate surface area is 97.3 Å². The summed E-state index contributed by atoms with van der Waals surface area (Å²) in [6.45, 7) is 4.15. The standard InChI is InChI=1S/C11H9.3CH3.Sn/c1-2-3-5-8-11-9-6-4-7-10-11;;;;/h4,6-7,9-10H,1,3H2;3*1H3;. The third-order valence-electron chi connectivity index (χ3n) is 2.37. The van der Waals surface area contributed by atoms with Crippen LogP contribution in [0, 0.1) is 11.8 Å². The van der Waals surface area contributed by atoms with Crippen molar-refractivity contribution in [3.05, 3.63) is 46.1 Å². The zero-order valence-corrected chi connectivity index (χ0v) is 12.7. The van der Waals surface area contributed by atoms with Gasteiger partial charge in [0.15, 0.2) is 0 Å². The monoisotopic (exact) mass is 306 g/mol. The summed E-state index contributed by atoms with van der Waals surface area (Å²) in [5.74, 6) is 6.38. The van der Waals surface area contributed by atoms with Gasteiger partial charge >= 0.3 is 97.5 Å². The zero-order valence-electron chi connectivity index (χ0n) is 9.80. The molecular formula is C14H18Sn. The van der Waals surface area contributed by atoms with E-state index in [2.05, 4.69) is 33.2 Å². The van der Waals surface area contributed by atoms with Crippen molar-refractivity contribution in [3.8, 4) is 11.8 Å². The van der Waals surface area contributed by atoms with E-state index < -0.39 is 18.4 Å². The summed E-state index contributed by atoms with van der Waals surface area (Å²) in [5.41, 5.74) is 1.09. The van der Waals surface area contributed by atoms with Crippen LogP contribution in [0.5, 0.6) is 0 Å². The van der Waals surface area contributed by atoms with Crippen LogP contribution in [0.3, 0.4) is 0 Å². The van der Waals surface area contributed by atoms with Gasteiger partial charge in [-0.2, -0.15) is 0 Å². The second-order valence-corrected chi connectivity index (χ2v) is 19.6. The van der Waals surface area contributed by atoms with Gasteiger partial charge in [0.2, 0.25) is 0 Å². The first-order chi connectivity index (χ1) is 7.00. The van der Waals surface area contributed by atoms with Crippen molar-refractivity contribution in [3.63, 3.8) is 0 Å². The Hall–Kier alpha value is -0.681. The molecule has 0 aromatic heterocycles. The van der Waals surface area contributed by atoms with Gasteiger partial charge in [-0.15, -0.1) is 0 Å². The van der Waals surface area contributed by atoms with Crippen molar-refractivity contribution >= 4 is 18.4 Å². The van der Waals surface area contributed by atoms with Gasteiger partial charge in [0.05, 0.1) is 0 Å². The first-order valence-corrected chi connectivity index (χ1v) is 15.2. The number of allylic oxidation sites excluding steroid dienone is 1. The molecule has 78 valence electrons. The van der Waals surface area contributed by atoms with Crippen molar-refractivity contribution in [2.75, 3.05) is 0 Å². The fraction of sp³-hybridized carbons (Fsp3) is 0.286. The second kappa shape index (κ2) is 5.42. The summed E-state index contributed by atoms with van der Waals surface area (Å²) in [7, 11) is 0. The van der Waals surface area contributed by atoms with Gasteiger partial charge in [-0.1, -0.05) is 0 Å². The molecule has 0 amide bonds. The molecular weight excluding hydrogens is 287 g/mol. The Kier molecular flexibility index (Phi) is 4.47. The minimum atomic E-state index is -1.89. The molecule has 0 unspecified atom stereocenters. The molecule has 0 radical (unpaired) electrons. The van der Waals surface area contributed by atoms with E-state index in [1.165, 1.54) is 3.59 Å². The summed E-state index contributed by atoms with van der Waals surface area (Å²) in [4.78, 5) is 7.13. The van der Waals surface area contributed by atoms with Gasteiger partial charge in [-0.3, -0.25) is 0 Å². The van der Waals surface area contributed by atoms with Crippen molar-refractivity contribution in [1.29, 1.82) is 0 Å². The van der Waals surface area contributed by atoms with Crippen LogP contribution in [0.2, 0.25) is 14.8 Å². The van der Waals surface area contributed by atoms with Crippen LogP contribution in [-0.2, 0) is 0 Å². The van der Waals surface area contributed by atoms with E-state index in [4.69, 9.17) is 0 Å². The second-order valence-electron chi connectivity index (χ2n) is 4.70. The molecule has 0 fully saturated rings. The molecule has 0 aliphatic carbocycles. The van der Waals surface area contributed by atoms with E-state index in [0.717, 1.165) is 12.0 Å². The predicted molar refractivity (Wildman–Crippen MR) is 70.4 cm³/mol. The molecule has 1 aromatic rings. The molecule has 0 bridgehead atoms. The summed E-state index contributed by atoms with van der Waals surface area (Å²) in [6, 6.07) is 10.1. The maximum atomic E-state index is 4.15. The Morgan fingerprint density at radius 1 is 1.20 bits per heavy atom. The molecule has 1 aromatic carbocycles. The maximum absolute atomic E-state index is 4.15. The molecule has 0 aliphatic heterocycles. The molecule has 0 aliphatic rings. The van der Waals surface area contributed by atoms with Crippen molar-refractivity contribution in [1.82, 2.24) is 0 Å². The molecule has 0 saturated carbocycles. The fourth-order valence-electron chi connectivity index (χ4n) is 1.04. The summed E-state index contributed by atoms with van der Waals surface area (Å²) in [6.07, 6.45) is 0.870. The van der Waals surface area contributed by atoms with E-state index in [9.17, 15) is 0 Å². The van der Waals surface area contributed by atoms with E-state index in [1.807, 2.05) is 30.3 Å². The van der Waals surface area contributed by atoms with Crippen LogP contribution in [0.4, 0.5) is 0 Å². The van der Waals surface area contributed by atoms with E-state index in [-0.39, 0.29) is 0 Å². The molecule has 0 spiro atoms. The van der Waals surface area contributed by atoms with Gasteiger partial charge in [0.1, 0.15) is 0 Å². The quantitative estimate of drug-likeness (QED) is 0.575. The van der Waals surface area contributed by atoms with Gasteiger partial charge in [-0.25, -0.2) is 0 Å². The predicted octanol–water partition coefficient (Wildman–Crippen LogP) is 3.86. The van der Waals surface area contributed by atoms with E-state index in [1.54, 1.807) is 0 Å². The Morgan fingerprint density at radius 2 is 1.80 bits per heavy atom. The van der Waals surface area contributed by atoms with E-state index in [0.29, 0.717) is 0 Å². The topological polar surface area (TPSA) is 0 Å². The summed E-state index contributed by atoms with van der Waals surface area (Å²) in [5, 5.41) is 0. The zero-order chi connectivity index (χ0) is 11.3. The summed E-state index contributed by atoms with van der Waals surface area (Å²) < 4.78 is 1.40. The van der Waals surface area contributed by atoms with Crippen molar-refractivity contribution in [2.24, 2.45) is 0 Å². The first kappa shape index (κ1) is 12.4. The minimum absolute atomic E-state index is 0.870. The van der Waals surface area contributed by atoms with E-state index >= 15 is 0 Å². The number of benzene rings is 1. The molecule has 0 saturated heterocycles. The molecule has 1 heteroatoms. The SMILES string of the molecule is C=[C](CC#Cc1ccccc1)[Sn]([CH3])([CH3])[CH3]. The third-order valence-corrected chi connectivity index (χ3v) is 8.93. The molecule has 1 rings (SSSR count). The molecule has 0 N–H and O–H groups in total. The average Bonchev–Trinajstić information content (AvgIpc) is 2.18. The Bertz CT molecular complexity index is 385. The first-order valence-electron chi connectivity index (χ1n) is 5.22. The van der Waals surface area contributed by atoms with Crippen LogP contribution in [0.1, 0.15) is 12.0 Å². The van der Waals surface area contributed by atoms with Crippen molar-refractivity contribution < 1.29 is 0 Å². The van der Waals surface area contributed by atoms with Crippen molar-refractivity contribution in [2.45, 2.75) is 21.2 Å². The van der Waals surface area contributed by atoms with Gasteiger partial charge in [0.25, 0.3) is 0 Å². The average molecular weight is 305 g/mol. The summed E-state index contributed by atoms with van der Waals surface area (Å²) >= 11 is -1.89. The Balaban J connectivity index is 2.59. The van der Waals surface area contributed by atoms with Crippen LogP contribution in [0.15, 0.2) is 40.5 Å². The molecule has 15 heavy (non-hydrogen) atoms. The van der Waals surface area contributed by atoms with Crippen LogP contribution >= 0.6 is 0 Å². The van der Waals surface area contributed by atoms with Gasteiger partial charge in [-0.05, 0) is 0 Å². The normalized spacial score (nSPS) is 10.3. The van der Waals surface area contributed by atoms with Crippen LogP contribution < -0.4 is 0 Å². The number of hydrogen-bond acceptors (Lipinski definition) is 0. The third kappa shape index (κ3) is 4.57. The number of hydrogen-bond donors (Lipinski definition) is 0. The molecule has 0 atom stereocenters. The van der Waals surface area contributed by atoms with Crippen LogP contribution in [0.25, 0.3) is 0 Å².